The maximum absolute atomic E-state index is 13.3. The lowest BCUT2D eigenvalue weighted by Gasteiger charge is -2.23. The summed E-state index contributed by atoms with van der Waals surface area (Å²) in [7, 11) is -2.27. The Labute approximate surface area is 168 Å². The second-order valence-electron chi connectivity index (χ2n) is 6.18. The normalized spacial score (nSPS) is 11.3. The van der Waals surface area contributed by atoms with Crippen molar-refractivity contribution >= 4 is 15.7 Å². The third-order valence-corrected chi connectivity index (χ3v) is 6.11. The summed E-state index contributed by atoms with van der Waals surface area (Å²) in [6.45, 7) is -0.00619. The number of ether oxygens (including phenoxy) is 1. The molecule has 0 fully saturated rings. The van der Waals surface area contributed by atoms with Crippen molar-refractivity contribution in [2.75, 3.05) is 11.4 Å². The quantitative estimate of drug-likeness (QED) is 0.451. The molecule has 0 amide bonds. The van der Waals surface area contributed by atoms with Gasteiger partial charge in [-0.25, -0.2) is 8.42 Å². The van der Waals surface area contributed by atoms with Gasteiger partial charge in [0.05, 0.1) is 30.5 Å². The van der Waals surface area contributed by atoms with E-state index in [4.69, 9.17) is 13.7 Å². The molecule has 0 atom stereocenters. The largest absolute Gasteiger partial charge is 0.497 e. The second kappa shape index (κ2) is 7.84. The molecular weight excluding hydrogens is 392 g/mol. The summed E-state index contributed by atoms with van der Waals surface area (Å²) in [6.07, 6.45) is 1.53. The Morgan fingerprint density at radius 3 is 2.38 bits per heavy atom. The summed E-state index contributed by atoms with van der Waals surface area (Å²) < 4.78 is 43.8. The summed E-state index contributed by atoms with van der Waals surface area (Å²) in [5.74, 6) is 1.58. The predicted molar refractivity (Wildman–Crippen MR) is 107 cm³/mol. The van der Waals surface area contributed by atoms with E-state index < -0.39 is 10.0 Å². The van der Waals surface area contributed by atoms with Gasteiger partial charge in [-0.1, -0.05) is 23.4 Å². The minimum absolute atomic E-state index is 0.00619. The maximum atomic E-state index is 13.3. The molecule has 0 spiro atoms. The number of hydrogen-bond donors (Lipinski definition) is 0. The summed E-state index contributed by atoms with van der Waals surface area (Å²) in [4.78, 5) is 0.186. The van der Waals surface area contributed by atoms with Crippen LogP contribution in [0.5, 0.6) is 5.75 Å². The molecule has 148 valence electrons. The van der Waals surface area contributed by atoms with Crippen molar-refractivity contribution in [1.29, 1.82) is 0 Å². The summed E-state index contributed by atoms with van der Waals surface area (Å²) >= 11 is 0. The highest BCUT2D eigenvalue weighted by atomic mass is 32.2. The third-order valence-electron chi connectivity index (χ3n) is 4.32. The number of aromatic nitrogens is 1. The van der Waals surface area contributed by atoms with Gasteiger partial charge >= 0.3 is 0 Å². The molecule has 4 rings (SSSR count). The Morgan fingerprint density at radius 1 is 0.966 bits per heavy atom. The molecule has 0 radical (unpaired) electrons. The van der Waals surface area contributed by atoms with Crippen LogP contribution in [0.1, 0.15) is 5.69 Å². The first-order valence-electron chi connectivity index (χ1n) is 8.79. The van der Waals surface area contributed by atoms with E-state index in [0.717, 1.165) is 0 Å². The van der Waals surface area contributed by atoms with Gasteiger partial charge in [0.25, 0.3) is 10.0 Å². The van der Waals surface area contributed by atoms with Crippen molar-refractivity contribution in [2.45, 2.75) is 11.4 Å². The van der Waals surface area contributed by atoms with Gasteiger partial charge in [-0.15, -0.1) is 0 Å². The van der Waals surface area contributed by atoms with Crippen molar-refractivity contribution in [1.82, 2.24) is 5.16 Å². The van der Waals surface area contributed by atoms with E-state index in [1.807, 2.05) is 0 Å². The lowest BCUT2D eigenvalue weighted by molar-refractivity contribution is 0.410. The number of methoxy groups -OCH3 is 1. The fourth-order valence-electron chi connectivity index (χ4n) is 2.85. The molecule has 0 aliphatic rings. The van der Waals surface area contributed by atoms with Crippen molar-refractivity contribution in [3.8, 4) is 17.3 Å². The highest BCUT2D eigenvalue weighted by Crippen LogP contribution is 2.29. The lowest BCUT2D eigenvalue weighted by atomic mass is 10.3. The minimum Gasteiger partial charge on any atom is -0.497 e. The molecule has 7 nitrogen and oxygen atoms in total. The number of furan rings is 1. The van der Waals surface area contributed by atoms with Crippen LogP contribution in [0.3, 0.4) is 0 Å². The molecule has 0 saturated carbocycles. The van der Waals surface area contributed by atoms with Crippen LogP contribution in [-0.2, 0) is 16.6 Å². The van der Waals surface area contributed by atoms with Crippen molar-refractivity contribution in [3.05, 3.63) is 84.8 Å². The number of benzene rings is 2. The number of hydrogen-bond acceptors (Lipinski definition) is 6. The molecule has 4 aromatic rings. The molecule has 0 aliphatic heterocycles. The average Bonchev–Trinajstić information content (AvgIpc) is 3.44. The Morgan fingerprint density at radius 2 is 1.72 bits per heavy atom. The third kappa shape index (κ3) is 3.88. The van der Waals surface area contributed by atoms with E-state index in [9.17, 15) is 8.42 Å². The molecule has 29 heavy (non-hydrogen) atoms. The standard InChI is InChI=1S/C21H18N2O5S/c1-26-18-11-9-17(10-12-18)23(29(24,25)19-6-3-2-4-7-19)15-16-14-21(28-22-16)20-8-5-13-27-20/h2-14H,15H2,1H3. The van der Waals surface area contributed by atoms with Gasteiger partial charge in [-0.3, -0.25) is 4.31 Å². The summed E-state index contributed by atoms with van der Waals surface area (Å²) in [5, 5.41) is 4.01. The van der Waals surface area contributed by atoms with Crippen LogP contribution in [0.25, 0.3) is 11.5 Å². The Balaban J connectivity index is 1.72. The van der Waals surface area contributed by atoms with Gasteiger partial charge in [0.15, 0.2) is 5.76 Å². The smallest absolute Gasteiger partial charge is 0.264 e. The zero-order valence-electron chi connectivity index (χ0n) is 15.6. The van der Waals surface area contributed by atoms with E-state index in [2.05, 4.69) is 5.16 Å². The van der Waals surface area contributed by atoms with E-state index in [0.29, 0.717) is 28.7 Å². The van der Waals surface area contributed by atoms with Crippen LogP contribution in [-0.4, -0.2) is 20.7 Å². The van der Waals surface area contributed by atoms with E-state index in [-0.39, 0.29) is 11.4 Å². The second-order valence-corrected chi connectivity index (χ2v) is 8.04. The minimum atomic E-state index is -3.83. The molecule has 0 aliphatic carbocycles. The van der Waals surface area contributed by atoms with Gasteiger partial charge in [0, 0.05) is 6.07 Å². The average molecular weight is 410 g/mol. The van der Waals surface area contributed by atoms with Crippen LogP contribution in [0.15, 0.2) is 92.9 Å². The molecule has 2 aromatic heterocycles. The Bertz CT molecular complexity index is 1170. The van der Waals surface area contributed by atoms with E-state index in [1.54, 1.807) is 79.9 Å². The molecule has 0 bridgehead atoms. The van der Waals surface area contributed by atoms with Crippen molar-refractivity contribution in [2.24, 2.45) is 0 Å². The lowest BCUT2D eigenvalue weighted by Crippen LogP contribution is -2.30. The number of sulfonamides is 1. The zero-order valence-corrected chi connectivity index (χ0v) is 16.4. The summed E-state index contributed by atoms with van der Waals surface area (Å²) in [5.41, 5.74) is 0.934. The first-order valence-corrected chi connectivity index (χ1v) is 10.2. The fraction of sp³-hybridized carbons (Fsp3) is 0.0952. The van der Waals surface area contributed by atoms with Crippen LogP contribution in [0.2, 0.25) is 0 Å². The molecule has 0 N–H and O–H groups in total. The van der Waals surface area contributed by atoms with Crippen LogP contribution in [0, 0.1) is 0 Å². The zero-order chi connectivity index (χ0) is 20.3. The van der Waals surface area contributed by atoms with Gasteiger partial charge in [0.2, 0.25) is 5.76 Å². The molecule has 8 heteroatoms. The van der Waals surface area contributed by atoms with Gasteiger partial charge in [-0.05, 0) is 48.5 Å². The van der Waals surface area contributed by atoms with Gasteiger partial charge < -0.3 is 13.7 Å². The topological polar surface area (TPSA) is 85.8 Å². The summed E-state index contributed by atoms with van der Waals surface area (Å²) in [6, 6.07) is 20.2. The number of nitrogens with zero attached hydrogens (tertiary/aromatic N) is 2. The molecule has 2 heterocycles. The van der Waals surface area contributed by atoms with Crippen LogP contribution in [0.4, 0.5) is 5.69 Å². The predicted octanol–water partition coefficient (Wildman–Crippen LogP) is 4.34. The number of anilines is 1. The SMILES string of the molecule is COc1ccc(N(Cc2cc(-c3ccco3)on2)S(=O)(=O)c2ccccc2)cc1. The first-order chi connectivity index (χ1) is 14.1. The van der Waals surface area contributed by atoms with E-state index in [1.165, 1.54) is 10.6 Å². The Kier molecular flexibility index (Phi) is 5.09. The van der Waals surface area contributed by atoms with Crippen molar-refractivity contribution in [3.63, 3.8) is 0 Å². The monoisotopic (exact) mass is 410 g/mol. The van der Waals surface area contributed by atoms with Gasteiger partial charge in [-0.2, -0.15) is 0 Å². The van der Waals surface area contributed by atoms with Crippen LogP contribution < -0.4 is 9.04 Å². The molecular formula is C21H18N2O5S. The highest BCUT2D eigenvalue weighted by Gasteiger charge is 2.26. The maximum Gasteiger partial charge on any atom is 0.264 e. The fourth-order valence-corrected chi connectivity index (χ4v) is 4.31. The molecule has 0 unspecified atom stereocenters. The van der Waals surface area contributed by atoms with Crippen molar-refractivity contribution < 1.29 is 22.1 Å². The molecule has 2 aromatic carbocycles. The number of rotatable bonds is 7. The highest BCUT2D eigenvalue weighted by molar-refractivity contribution is 7.92. The first kappa shape index (κ1) is 18.8. The van der Waals surface area contributed by atoms with Gasteiger partial charge in [0.1, 0.15) is 11.4 Å². The van der Waals surface area contributed by atoms with E-state index >= 15 is 0 Å². The molecule has 0 saturated heterocycles. The van der Waals surface area contributed by atoms with Crippen LogP contribution >= 0.6 is 0 Å². The Hall–Kier alpha value is -3.52.